The topological polar surface area (TPSA) is 79.7 Å². The second kappa shape index (κ2) is 7.95. The Labute approximate surface area is 176 Å². The van der Waals surface area contributed by atoms with Gasteiger partial charge >= 0.3 is 0 Å². The van der Waals surface area contributed by atoms with Gasteiger partial charge in [-0.3, -0.25) is 9.69 Å². The van der Waals surface area contributed by atoms with Gasteiger partial charge in [0.25, 0.3) is 5.56 Å². The molecule has 2 fully saturated rings. The van der Waals surface area contributed by atoms with Crippen LogP contribution in [0.3, 0.4) is 0 Å². The van der Waals surface area contributed by atoms with Crippen LogP contribution in [-0.4, -0.2) is 43.2 Å². The minimum Gasteiger partial charge on any atom is -0.321 e. The molecule has 30 heavy (non-hydrogen) atoms. The van der Waals surface area contributed by atoms with Crippen LogP contribution < -0.4 is 5.56 Å². The Morgan fingerprint density at radius 1 is 1.03 bits per heavy atom. The van der Waals surface area contributed by atoms with E-state index in [9.17, 15) is 4.79 Å². The summed E-state index contributed by atoms with van der Waals surface area (Å²) in [6, 6.07) is 6.46. The van der Waals surface area contributed by atoms with Gasteiger partial charge in [-0.2, -0.15) is 0 Å². The molecule has 158 valence electrons. The van der Waals surface area contributed by atoms with Crippen LogP contribution in [0, 0.1) is 13.8 Å². The molecule has 1 aliphatic heterocycles. The average molecular weight is 407 g/mol. The normalized spacial score (nSPS) is 19.5. The third-order valence-electron chi connectivity index (χ3n) is 6.81. The number of fused-ring (bicyclic) bond motifs is 1. The zero-order valence-corrected chi connectivity index (χ0v) is 17.9. The molecule has 1 aromatic carbocycles. The van der Waals surface area contributed by atoms with Gasteiger partial charge in [-0.1, -0.05) is 30.9 Å². The number of hydrogen-bond donors (Lipinski definition) is 1. The average Bonchev–Trinajstić information content (AvgIpc) is 3.42. The van der Waals surface area contributed by atoms with E-state index in [1.165, 1.54) is 24.8 Å². The van der Waals surface area contributed by atoms with Gasteiger partial charge < -0.3 is 4.98 Å². The molecule has 0 bridgehead atoms. The maximum Gasteiger partial charge on any atom is 0.253 e. The predicted octanol–water partition coefficient (Wildman–Crippen LogP) is 3.82. The van der Waals surface area contributed by atoms with Gasteiger partial charge in [-0.05, 0) is 86.1 Å². The second-order valence-corrected chi connectivity index (χ2v) is 9.02. The maximum atomic E-state index is 13.3. The minimum atomic E-state index is -0.213. The molecular formula is C23H30N6O. The molecule has 0 spiro atoms. The van der Waals surface area contributed by atoms with Crippen molar-refractivity contribution in [2.24, 2.45) is 0 Å². The lowest BCUT2D eigenvalue weighted by Gasteiger charge is -2.34. The Morgan fingerprint density at radius 2 is 1.80 bits per heavy atom. The Bertz CT molecular complexity index is 1100. The monoisotopic (exact) mass is 406 g/mol. The molecule has 0 unspecified atom stereocenters. The molecule has 0 radical (unpaired) electrons. The third kappa shape index (κ3) is 3.45. The van der Waals surface area contributed by atoms with Crippen molar-refractivity contribution in [1.82, 2.24) is 30.1 Å². The fourth-order valence-electron chi connectivity index (χ4n) is 5.37. The summed E-state index contributed by atoms with van der Waals surface area (Å²) in [6.07, 6.45) is 8.18. The summed E-state index contributed by atoms with van der Waals surface area (Å²) < 4.78 is 2.01. The van der Waals surface area contributed by atoms with Crippen molar-refractivity contribution in [2.75, 3.05) is 13.1 Å². The molecule has 7 nitrogen and oxygen atoms in total. The molecule has 2 aliphatic rings. The summed E-state index contributed by atoms with van der Waals surface area (Å²) in [5.74, 6) is 0.818. The Kier molecular flexibility index (Phi) is 5.15. The first kappa shape index (κ1) is 19.4. The van der Waals surface area contributed by atoms with Gasteiger partial charge in [-0.25, -0.2) is 4.68 Å². The zero-order valence-electron chi connectivity index (χ0n) is 17.9. The summed E-state index contributed by atoms with van der Waals surface area (Å²) in [7, 11) is 0. The molecule has 1 aliphatic carbocycles. The van der Waals surface area contributed by atoms with Gasteiger partial charge in [-0.15, -0.1) is 5.10 Å². The SMILES string of the molecule is Cc1cc(C)c2[nH]c(=O)c([C@H](c3nnnn3C3CCCC3)N3CCCCC3)cc2c1. The molecule has 3 aromatic rings. The van der Waals surface area contributed by atoms with Crippen LogP contribution in [0.15, 0.2) is 23.0 Å². The summed E-state index contributed by atoms with van der Waals surface area (Å²) in [4.78, 5) is 18.9. The van der Waals surface area contributed by atoms with Crippen LogP contribution >= 0.6 is 0 Å². The van der Waals surface area contributed by atoms with Gasteiger partial charge in [0, 0.05) is 5.56 Å². The van der Waals surface area contributed by atoms with E-state index >= 15 is 0 Å². The predicted molar refractivity (Wildman–Crippen MR) is 117 cm³/mol. The number of aromatic nitrogens is 5. The standard InChI is InChI=1S/C23H30N6O/c1-15-12-16(2)20-17(13-15)14-19(23(30)24-20)21(28-10-6-3-7-11-28)22-25-26-27-29(22)18-8-4-5-9-18/h12-14,18,21H,3-11H2,1-2H3,(H,24,30)/t21-/m1/s1. The van der Waals surface area contributed by atoms with Crippen molar-refractivity contribution in [1.29, 1.82) is 0 Å². The van der Waals surface area contributed by atoms with Gasteiger partial charge in [0.15, 0.2) is 5.82 Å². The van der Waals surface area contributed by atoms with Crippen molar-refractivity contribution in [3.8, 4) is 0 Å². The number of hydrogen-bond acceptors (Lipinski definition) is 5. The molecule has 1 saturated heterocycles. The molecule has 1 atom stereocenters. The number of aryl methyl sites for hydroxylation is 2. The van der Waals surface area contributed by atoms with E-state index in [1.54, 1.807) is 0 Å². The first-order chi connectivity index (χ1) is 14.6. The quantitative estimate of drug-likeness (QED) is 0.712. The Balaban J connectivity index is 1.67. The fraction of sp³-hybridized carbons (Fsp3) is 0.565. The highest BCUT2D eigenvalue weighted by molar-refractivity contribution is 5.83. The van der Waals surface area contributed by atoms with E-state index in [0.29, 0.717) is 6.04 Å². The molecule has 7 heteroatoms. The fourth-order valence-corrected chi connectivity index (χ4v) is 5.37. The van der Waals surface area contributed by atoms with Gasteiger partial charge in [0.05, 0.1) is 11.6 Å². The smallest absolute Gasteiger partial charge is 0.253 e. The highest BCUT2D eigenvalue weighted by atomic mass is 16.1. The summed E-state index contributed by atoms with van der Waals surface area (Å²) in [6.45, 7) is 6.08. The van der Waals surface area contributed by atoms with E-state index in [2.05, 4.69) is 50.5 Å². The van der Waals surface area contributed by atoms with Crippen LogP contribution in [0.1, 0.15) is 79.5 Å². The van der Waals surface area contributed by atoms with Crippen LogP contribution in [0.2, 0.25) is 0 Å². The van der Waals surface area contributed by atoms with E-state index in [0.717, 1.165) is 66.6 Å². The lowest BCUT2D eigenvalue weighted by molar-refractivity contribution is 0.174. The number of H-pyrrole nitrogens is 1. The molecule has 0 amide bonds. The first-order valence-corrected chi connectivity index (χ1v) is 11.3. The van der Waals surface area contributed by atoms with E-state index < -0.39 is 0 Å². The zero-order chi connectivity index (χ0) is 20.7. The second-order valence-electron chi connectivity index (χ2n) is 9.02. The van der Waals surface area contributed by atoms with Gasteiger partial charge in [0.2, 0.25) is 0 Å². The molecule has 1 saturated carbocycles. The van der Waals surface area contributed by atoms with Crippen molar-refractivity contribution < 1.29 is 0 Å². The number of piperidine rings is 1. The highest BCUT2D eigenvalue weighted by Gasteiger charge is 2.33. The summed E-state index contributed by atoms with van der Waals surface area (Å²) in [5.41, 5.74) is 3.93. The largest absolute Gasteiger partial charge is 0.321 e. The number of benzene rings is 1. The molecule has 5 rings (SSSR count). The number of aromatic amines is 1. The maximum absolute atomic E-state index is 13.3. The molecule has 1 N–H and O–H groups in total. The number of tetrazole rings is 1. The third-order valence-corrected chi connectivity index (χ3v) is 6.81. The highest BCUT2D eigenvalue weighted by Crippen LogP contribution is 2.35. The number of nitrogens with zero attached hydrogens (tertiary/aromatic N) is 5. The van der Waals surface area contributed by atoms with Crippen molar-refractivity contribution in [2.45, 2.75) is 70.9 Å². The minimum absolute atomic E-state index is 0.0361. The summed E-state index contributed by atoms with van der Waals surface area (Å²) in [5, 5.41) is 14.0. The van der Waals surface area contributed by atoms with Crippen molar-refractivity contribution in [3.63, 3.8) is 0 Å². The van der Waals surface area contributed by atoms with Crippen molar-refractivity contribution >= 4 is 10.9 Å². The van der Waals surface area contributed by atoms with Crippen LogP contribution in [0.25, 0.3) is 10.9 Å². The number of nitrogens with one attached hydrogen (secondary N) is 1. The van der Waals surface area contributed by atoms with Crippen molar-refractivity contribution in [3.05, 3.63) is 51.1 Å². The Morgan fingerprint density at radius 3 is 2.57 bits per heavy atom. The molecule has 2 aromatic heterocycles. The van der Waals surface area contributed by atoms with Crippen LogP contribution in [0.5, 0.6) is 0 Å². The number of likely N-dealkylation sites (tertiary alicyclic amines) is 1. The lowest BCUT2D eigenvalue weighted by atomic mass is 9.98. The Hall–Kier alpha value is -2.54. The first-order valence-electron chi connectivity index (χ1n) is 11.3. The summed E-state index contributed by atoms with van der Waals surface area (Å²) >= 11 is 0. The molecule has 3 heterocycles. The van der Waals surface area contributed by atoms with Crippen LogP contribution in [-0.2, 0) is 0 Å². The van der Waals surface area contributed by atoms with Gasteiger partial charge in [0.1, 0.15) is 6.04 Å². The van der Waals surface area contributed by atoms with E-state index in [-0.39, 0.29) is 11.6 Å². The van der Waals surface area contributed by atoms with Crippen LogP contribution in [0.4, 0.5) is 0 Å². The van der Waals surface area contributed by atoms with E-state index in [4.69, 9.17) is 0 Å². The number of rotatable bonds is 4. The van der Waals surface area contributed by atoms with E-state index in [1.807, 2.05) is 11.6 Å². The lowest BCUT2D eigenvalue weighted by Crippen LogP contribution is -2.38. The number of pyridine rings is 1. The molecular weight excluding hydrogens is 376 g/mol.